The molecule has 1 aliphatic heterocycles. The van der Waals surface area contributed by atoms with Crippen molar-refractivity contribution >= 4 is 40.8 Å². The molecule has 138 valence electrons. The maximum absolute atomic E-state index is 12.3. The first-order valence-electron chi connectivity index (χ1n) is 8.33. The molecule has 2 N–H and O–H groups in total. The van der Waals surface area contributed by atoms with Crippen molar-refractivity contribution in [3.8, 4) is 0 Å². The summed E-state index contributed by atoms with van der Waals surface area (Å²) in [6.45, 7) is 7.98. The number of urea groups is 1. The van der Waals surface area contributed by atoms with Crippen LogP contribution in [0.2, 0.25) is 10.0 Å². The van der Waals surface area contributed by atoms with Crippen LogP contribution in [0.25, 0.3) is 0 Å². The van der Waals surface area contributed by atoms with Gasteiger partial charge in [0.1, 0.15) is 6.04 Å². The van der Waals surface area contributed by atoms with Crippen LogP contribution >= 0.6 is 23.2 Å². The van der Waals surface area contributed by atoms with E-state index in [1.54, 1.807) is 17.9 Å². The number of hydrogen-bond donors (Lipinski definition) is 2. The number of amides is 3. The molecule has 6 nitrogen and oxygen atoms in total. The Bertz CT molecular complexity index is 631. The van der Waals surface area contributed by atoms with E-state index in [9.17, 15) is 9.59 Å². The predicted molar refractivity (Wildman–Crippen MR) is 102 cm³/mol. The van der Waals surface area contributed by atoms with Crippen molar-refractivity contribution in [2.45, 2.75) is 32.9 Å². The fourth-order valence-electron chi connectivity index (χ4n) is 2.60. The Morgan fingerprint density at radius 1 is 1.00 bits per heavy atom. The number of anilines is 1. The molecule has 1 aliphatic rings. The van der Waals surface area contributed by atoms with Gasteiger partial charge in [0.05, 0.1) is 10.0 Å². The van der Waals surface area contributed by atoms with Gasteiger partial charge >= 0.3 is 6.03 Å². The van der Waals surface area contributed by atoms with Crippen molar-refractivity contribution in [3.63, 3.8) is 0 Å². The van der Waals surface area contributed by atoms with Crippen LogP contribution in [0.1, 0.15) is 20.8 Å². The molecule has 0 radical (unpaired) electrons. The fraction of sp³-hybridized carbons (Fsp3) is 0.529. The highest BCUT2D eigenvalue weighted by Gasteiger charge is 2.24. The lowest BCUT2D eigenvalue weighted by atomic mass is 10.2. The lowest BCUT2D eigenvalue weighted by Crippen LogP contribution is -2.55. The number of hydrogen-bond acceptors (Lipinski definition) is 3. The summed E-state index contributed by atoms with van der Waals surface area (Å²) in [6, 6.07) is 4.78. The Morgan fingerprint density at radius 3 is 2.20 bits per heavy atom. The summed E-state index contributed by atoms with van der Waals surface area (Å²) >= 11 is 12.0. The molecule has 1 saturated heterocycles. The van der Waals surface area contributed by atoms with Crippen LogP contribution in [0.3, 0.4) is 0 Å². The van der Waals surface area contributed by atoms with Gasteiger partial charge in [-0.2, -0.15) is 0 Å². The van der Waals surface area contributed by atoms with E-state index < -0.39 is 6.04 Å². The number of rotatable bonds is 4. The summed E-state index contributed by atoms with van der Waals surface area (Å²) in [4.78, 5) is 28.1. The first kappa shape index (κ1) is 19.7. The number of piperazine rings is 1. The van der Waals surface area contributed by atoms with Crippen LogP contribution in [0.4, 0.5) is 10.5 Å². The van der Waals surface area contributed by atoms with Crippen LogP contribution in [-0.4, -0.2) is 55.1 Å². The number of halogens is 2. The van der Waals surface area contributed by atoms with E-state index in [0.29, 0.717) is 36.2 Å². The number of nitrogens with zero attached hydrogens (tertiary/aromatic N) is 2. The van der Waals surface area contributed by atoms with Crippen molar-refractivity contribution in [3.05, 3.63) is 28.2 Å². The fourth-order valence-corrected chi connectivity index (χ4v) is 2.89. The molecule has 0 aromatic heterocycles. The molecule has 1 aromatic rings. The van der Waals surface area contributed by atoms with Crippen LogP contribution in [-0.2, 0) is 4.79 Å². The van der Waals surface area contributed by atoms with Gasteiger partial charge < -0.3 is 20.4 Å². The van der Waals surface area contributed by atoms with Gasteiger partial charge in [0.2, 0.25) is 5.91 Å². The first-order chi connectivity index (χ1) is 11.8. The highest BCUT2D eigenvalue weighted by Crippen LogP contribution is 2.27. The average molecular weight is 387 g/mol. The van der Waals surface area contributed by atoms with E-state index in [1.807, 2.05) is 26.0 Å². The van der Waals surface area contributed by atoms with Crippen LogP contribution in [0.15, 0.2) is 18.2 Å². The zero-order chi connectivity index (χ0) is 18.6. The normalized spacial score (nSPS) is 15.9. The second kappa shape index (κ2) is 8.63. The highest BCUT2D eigenvalue weighted by atomic mass is 35.5. The number of benzene rings is 1. The van der Waals surface area contributed by atoms with Crippen molar-refractivity contribution in [2.75, 3.05) is 31.1 Å². The van der Waals surface area contributed by atoms with Gasteiger partial charge in [0.25, 0.3) is 0 Å². The van der Waals surface area contributed by atoms with Gasteiger partial charge in [-0.25, -0.2) is 4.79 Å². The zero-order valence-electron chi connectivity index (χ0n) is 14.7. The summed E-state index contributed by atoms with van der Waals surface area (Å²) < 4.78 is 0. The standard InChI is InChI=1S/C17H24Cl2N4O2/c1-11(2)20-16(24)12(3)21-17(25)23-8-6-22(7-9-23)13-4-5-14(18)15(19)10-13/h4-5,10-12H,6-9H2,1-3H3,(H,20,24)(H,21,25)/t12-/m0/s1. The molecule has 2 rings (SSSR count). The van der Waals surface area contributed by atoms with Gasteiger partial charge in [-0.3, -0.25) is 4.79 Å². The topological polar surface area (TPSA) is 64.7 Å². The van der Waals surface area contributed by atoms with Gasteiger partial charge in [-0.1, -0.05) is 23.2 Å². The largest absolute Gasteiger partial charge is 0.368 e. The third kappa shape index (κ3) is 5.41. The van der Waals surface area contributed by atoms with Crippen LogP contribution in [0.5, 0.6) is 0 Å². The second-order valence-electron chi connectivity index (χ2n) is 6.41. The maximum Gasteiger partial charge on any atom is 0.318 e. The predicted octanol–water partition coefficient (Wildman–Crippen LogP) is 2.74. The van der Waals surface area contributed by atoms with E-state index >= 15 is 0 Å². The summed E-state index contributed by atoms with van der Waals surface area (Å²) in [5, 5.41) is 6.57. The quantitative estimate of drug-likeness (QED) is 0.835. The second-order valence-corrected chi connectivity index (χ2v) is 7.22. The Labute approximate surface area is 158 Å². The van der Waals surface area contributed by atoms with Gasteiger partial charge in [-0.05, 0) is 39.0 Å². The zero-order valence-corrected chi connectivity index (χ0v) is 16.2. The molecule has 0 aliphatic carbocycles. The summed E-state index contributed by atoms with van der Waals surface area (Å²) in [7, 11) is 0. The minimum atomic E-state index is -0.567. The lowest BCUT2D eigenvalue weighted by molar-refractivity contribution is -0.123. The number of carbonyl (C=O) groups excluding carboxylic acids is 2. The van der Waals surface area contributed by atoms with E-state index in [-0.39, 0.29) is 18.0 Å². The molecule has 1 atom stereocenters. The average Bonchev–Trinajstić information content (AvgIpc) is 2.56. The van der Waals surface area contributed by atoms with E-state index in [2.05, 4.69) is 15.5 Å². The van der Waals surface area contributed by atoms with Crippen LogP contribution in [0, 0.1) is 0 Å². The van der Waals surface area contributed by atoms with Crippen molar-refractivity contribution in [2.24, 2.45) is 0 Å². The molecule has 0 bridgehead atoms. The number of nitrogens with one attached hydrogen (secondary N) is 2. The molecule has 0 saturated carbocycles. The van der Waals surface area contributed by atoms with Crippen molar-refractivity contribution in [1.29, 1.82) is 0 Å². The van der Waals surface area contributed by atoms with Gasteiger partial charge in [0.15, 0.2) is 0 Å². The van der Waals surface area contributed by atoms with E-state index in [1.165, 1.54) is 0 Å². The molecule has 3 amide bonds. The molecule has 0 unspecified atom stereocenters. The lowest BCUT2D eigenvalue weighted by Gasteiger charge is -2.36. The van der Waals surface area contributed by atoms with E-state index in [0.717, 1.165) is 5.69 Å². The molecule has 0 spiro atoms. The monoisotopic (exact) mass is 386 g/mol. The Hall–Kier alpha value is -1.66. The van der Waals surface area contributed by atoms with E-state index in [4.69, 9.17) is 23.2 Å². The summed E-state index contributed by atoms with van der Waals surface area (Å²) in [6.07, 6.45) is 0. The molecule has 1 aromatic carbocycles. The molecule has 1 heterocycles. The number of carbonyl (C=O) groups is 2. The third-order valence-electron chi connectivity index (χ3n) is 4.00. The Balaban J connectivity index is 1.85. The van der Waals surface area contributed by atoms with Gasteiger partial charge in [0, 0.05) is 37.9 Å². The molecule has 1 fully saturated rings. The van der Waals surface area contributed by atoms with Crippen molar-refractivity contribution in [1.82, 2.24) is 15.5 Å². The summed E-state index contributed by atoms with van der Waals surface area (Å²) in [5.74, 6) is -0.183. The minimum absolute atomic E-state index is 0.0431. The summed E-state index contributed by atoms with van der Waals surface area (Å²) in [5.41, 5.74) is 0.985. The third-order valence-corrected chi connectivity index (χ3v) is 4.74. The minimum Gasteiger partial charge on any atom is -0.368 e. The first-order valence-corrected chi connectivity index (χ1v) is 9.09. The Kier molecular flexibility index (Phi) is 6.79. The van der Waals surface area contributed by atoms with Crippen LogP contribution < -0.4 is 15.5 Å². The Morgan fingerprint density at radius 2 is 1.64 bits per heavy atom. The molecule has 25 heavy (non-hydrogen) atoms. The van der Waals surface area contributed by atoms with Crippen molar-refractivity contribution < 1.29 is 9.59 Å². The van der Waals surface area contributed by atoms with Gasteiger partial charge in [-0.15, -0.1) is 0 Å². The molecular weight excluding hydrogens is 363 g/mol. The molecule has 8 heteroatoms. The maximum atomic E-state index is 12.3. The SMILES string of the molecule is CC(C)NC(=O)[C@H](C)NC(=O)N1CCN(c2ccc(Cl)c(Cl)c2)CC1. The smallest absolute Gasteiger partial charge is 0.318 e. The molecular formula is C17H24Cl2N4O2. The highest BCUT2D eigenvalue weighted by molar-refractivity contribution is 6.42.